The maximum Gasteiger partial charge on any atom is 0.422 e. The Balaban J connectivity index is 2.31. The zero-order valence-corrected chi connectivity index (χ0v) is 12.6. The lowest BCUT2D eigenvalue weighted by atomic mass is 9.96. The molecule has 0 fully saturated rings. The van der Waals surface area contributed by atoms with E-state index in [1.54, 1.807) is 24.3 Å². The number of nitrogens with one attached hydrogen (secondary N) is 2. The zero-order chi connectivity index (χ0) is 17.2. The largest absolute Gasteiger partial charge is 0.453 e. The van der Waals surface area contributed by atoms with E-state index in [4.69, 9.17) is 11.6 Å². The summed E-state index contributed by atoms with van der Waals surface area (Å²) in [7, 11) is 0. The second-order valence-electron chi connectivity index (χ2n) is 4.81. The molecule has 0 aliphatic carbocycles. The highest BCUT2D eigenvalue weighted by Gasteiger charge is 2.35. The van der Waals surface area contributed by atoms with Crippen LogP contribution in [-0.4, -0.2) is 24.8 Å². The number of alkyl halides is 3. The molecule has 9 heteroatoms. The summed E-state index contributed by atoms with van der Waals surface area (Å²) in [6.45, 7) is -0.296. The smallest absolute Gasteiger partial charge is 0.422 e. The molecule has 23 heavy (non-hydrogen) atoms. The van der Waals surface area contributed by atoms with Gasteiger partial charge in [-0.05, 0) is 24.6 Å². The van der Waals surface area contributed by atoms with E-state index in [0.29, 0.717) is 10.6 Å². The van der Waals surface area contributed by atoms with Gasteiger partial charge in [-0.2, -0.15) is 13.2 Å². The molecule has 2 rings (SSSR count). The monoisotopic (exact) mass is 348 g/mol. The van der Waals surface area contributed by atoms with Crippen molar-refractivity contribution < 1.29 is 27.5 Å². The Morgan fingerprint density at radius 2 is 1.91 bits per heavy atom. The van der Waals surface area contributed by atoms with Crippen molar-refractivity contribution in [3.8, 4) is 0 Å². The molecular formula is C14H12ClF3N2O3. The topological polar surface area (TPSA) is 67.4 Å². The maximum absolute atomic E-state index is 12.2. The van der Waals surface area contributed by atoms with Gasteiger partial charge >= 0.3 is 18.2 Å². The van der Waals surface area contributed by atoms with Crippen molar-refractivity contribution in [2.75, 3.05) is 6.61 Å². The fourth-order valence-corrected chi connectivity index (χ4v) is 2.22. The molecule has 1 unspecified atom stereocenters. The predicted molar refractivity (Wildman–Crippen MR) is 75.6 cm³/mol. The van der Waals surface area contributed by atoms with E-state index in [0.717, 1.165) is 0 Å². The van der Waals surface area contributed by atoms with Gasteiger partial charge in [-0.25, -0.2) is 9.59 Å². The Hall–Kier alpha value is -2.22. The third-order valence-electron chi connectivity index (χ3n) is 3.06. The van der Waals surface area contributed by atoms with Gasteiger partial charge in [0, 0.05) is 10.7 Å². The number of amides is 2. The predicted octanol–water partition coefficient (Wildman–Crippen LogP) is 3.07. The first kappa shape index (κ1) is 17.1. The Labute approximate surface area is 134 Å². The molecule has 2 amide bonds. The second kappa shape index (κ2) is 6.49. The van der Waals surface area contributed by atoms with Gasteiger partial charge in [-0.15, -0.1) is 0 Å². The van der Waals surface area contributed by atoms with Crippen LogP contribution in [0.4, 0.5) is 18.0 Å². The molecule has 0 bridgehead atoms. The molecule has 0 saturated heterocycles. The maximum atomic E-state index is 12.2. The molecule has 124 valence electrons. The molecule has 1 heterocycles. The molecule has 0 spiro atoms. The van der Waals surface area contributed by atoms with Crippen LogP contribution >= 0.6 is 11.6 Å². The van der Waals surface area contributed by atoms with E-state index >= 15 is 0 Å². The van der Waals surface area contributed by atoms with Crippen LogP contribution in [0.3, 0.4) is 0 Å². The Morgan fingerprint density at radius 1 is 1.30 bits per heavy atom. The molecule has 0 saturated carbocycles. The van der Waals surface area contributed by atoms with E-state index in [1.165, 1.54) is 6.92 Å². The van der Waals surface area contributed by atoms with Gasteiger partial charge in [0.05, 0.1) is 11.6 Å². The van der Waals surface area contributed by atoms with Crippen molar-refractivity contribution in [3.63, 3.8) is 0 Å². The number of benzene rings is 1. The number of allylic oxidation sites excluding steroid dienone is 1. The van der Waals surface area contributed by atoms with Crippen LogP contribution in [0.1, 0.15) is 18.5 Å². The van der Waals surface area contributed by atoms with Crippen molar-refractivity contribution >= 4 is 23.6 Å². The molecule has 0 aromatic heterocycles. The average Bonchev–Trinajstić information content (AvgIpc) is 2.44. The Bertz CT molecular complexity index is 656. The zero-order valence-electron chi connectivity index (χ0n) is 11.8. The van der Waals surface area contributed by atoms with Gasteiger partial charge in [-0.1, -0.05) is 23.7 Å². The standard InChI is InChI=1S/C14H12ClF3N2O3/c1-7-10(12(21)23-6-14(16,17)18)11(20-13(22)19-7)8-2-4-9(15)5-3-8/h2-5,11H,6H2,1H3,(H2,19,20,22). The lowest BCUT2D eigenvalue weighted by Gasteiger charge is -2.28. The van der Waals surface area contributed by atoms with Gasteiger partial charge < -0.3 is 15.4 Å². The molecule has 2 N–H and O–H groups in total. The summed E-state index contributed by atoms with van der Waals surface area (Å²) < 4.78 is 40.9. The van der Waals surface area contributed by atoms with Gasteiger partial charge in [0.15, 0.2) is 6.61 Å². The fraction of sp³-hybridized carbons (Fsp3) is 0.286. The van der Waals surface area contributed by atoms with E-state index < -0.39 is 30.8 Å². The highest BCUT2D eigenvalue weighted by atomic mass is 35.5. The SMILES string of the molecule is CC1=C(C(=O)OCC(F)(F)F)C(c2ccc(Cl)cc2)NC(=O)N1. The highest BCUT2D eigenvalue weighted by molar-refractivity contribution is 6.30. The summed E-state index contributed by atoms with van der Waals surface area (Å²) in [4.78, 5) is 23.6. The minimum Gasteiger partial charge on any atom is -0.453 e. The number of rotatable bonds is 3. The van der Waals surface area contributed by atoms with E-state index in [1.807, 2.05) is 0 Å². The summed E-state index contributed by atoms with van der Waals surface area (Å²) in [6.07, 6.45) is -4.63. The average molecular weight is 349 g/mol. The normalized spacial score (nSPS) is 18.3. The molecular weight excluding hydrogens is 337 g/mol. The van der Waals surface area contributed by atoms with Gasteiger partial charge in [0.2, 0.25) is 0 Å². The van der Waals surface area contributed by atoms with Crippen molar-refractivity contribution in [3.05, 3.63) is 46.1 Å². The minimum atomic E-state index is -4.63. The summed E-state index contributed by atoms with van der Waals surface area (Å²) in [6, 6.07) is 4.70. The van der Waals surface area contributed by atoms with Gasteiger partial charge in [0.25, 0.3) is 0 Å². The quantitative estimate of drug-likeness (QED) is 0.825. The number of carbonyl (C=O) groups is 2. The molecule has 1 aromatic rings. The number of urea groups is 1. The Kier molecular flexibility index (Phi) is 4.84. The third-order valence-corrected chi connectivity index (χ3v) is 3.31. The molecule has 1 aliphatic rings. The van der Waals surface area contributed by atoms with E-state index in [2.05, 4.69) is 15.4 Å². The summed E-state index contributed by atoms with van der Waals surface area (Å²) >= 11 is 5.78. The molecule has 1 aliphatic heterocycles. The van der Waals surface area contributed by atoms with Crippen LogP contribution in [0.2, 0.25) is 5.02 Å². The fourth-order valence-electron chi connectivity index (χ4n) is 2.09. The first-order valence-electron chi connectivity index (χ1n) is 6.45. The van der Waals surface area contributed by atoms with Crippen molar-refractivity contribution in [2.24, 2.45) is 0 Å². The lowest BCUT2D eigenvalue weighted by Crippen LogP contribution is -2.45. The number of hydrogen-bond acceptors (Lipinski definition) is 3. The van der Waals surface area contributed by atoms with Crippen LogP contribution in [-0.2, 0) is 9.53 Å². The van der Waals surface area contributed by atoms with Crippen LogP contribution < -0.4 is 10.6 Å². The van der Waals surface area contributed by atoms with E-state index in [9.17, 15) is 22.8 Å². The summed E-state index contributed by atoms with van der Waals surface area (Å²) in [5.41, 5.74) is 0.514. The number of hydrogen-bond donors (Lipinski definition) is 2. The third kappa shape index (κ3) is 4.38. The molecule has 5 nitrogen and oxygen atoms in total. The van der Waals surface area contributed by atoms with Crippen molar-refractivity contribution in [1.29, 1.82) is 0 Å². The lowest BCUT2D eigenvalue weighted by molar-refractivity contribution is -0.183. The molecule has 1 atom stereocenters. The number of esters is 1. The Morgan fingerprint density at radius 3 is 2.48 bits per heavy atom. The van der Waals surface area contributed by atoms with E-state index in [-0.39, 0.29) is 11.3 Å². The number of ether oxygens (including phenoxy) is 1. The van der Waals surface area contributed by atoms with Gasteiger partial charge in [-0.3, -0.25) is 0 Å². The number of halogens is 4. The van der Waals surface area contributed by atoms with Crippen LogP contribution in [0.15, 0.2) is 35.5 Å². The van der Waals surface area contributed by atoms with Crippen LogP contribution in [0.5, 0.6) is 0 Å². The minimum absolute atomic E-state index is 0.101. The first-order valence-corrected chi connectivity index (χ1v) is 6.83. The van der Waals surface area contributed by atoms with Crippen LogP contribution in [0.25, 0.3) is 0 Å². The van der Waals surface area contributed by atoms with Gasteiger partial charge in [0.1, 0.15) is 0 Å². The number of carbonyl (C=O) groups excluding carboxylic acids is 2. The molecule has 1 aromatic carbocycles. The van der Waals surface area contributed by atoms with Crippen molar-refractivity contribution in [1.82, 2.24) is 10.6 Å². The first-order chi connectivity index (χ1) is 10.7. The molecule has 0 radical (unpaired) electrons. The van der Waals surface area contributed by atoms with Crippen molar-refractivity contribution in [2.45, 2.75) is 19.1 Å². The summed E-state index contributed by atoms with van der Waals surface area (Å²) in [5.74, 6) is -1.16. The summed E-state index contributed by atoms with van der Waals surface area (Å²) in [5, 5.41) is 5.26. The highest BCUT2D eigenvalue weighted by Crippen LogP contribution is 2.29. The van der Waals surface area contributed by atoms with Crippen LogP contribution in [0, 0.1) is 0 Å². The second-order valence-corrected chi connectivity index (χ2v) is 5.25.